The molecule has 1 nitrogen and oxygen atoms in total. The Morgan fingerprint density at radius 2 is 0.730 bits per heavy atom. The molecule has 0 aliphatic heterocycles. The van der Waals surface area contributed by atoms with E-state index in [9.17, 15) is 0 Å². The second-order valence-corrected chi connectivity index (χ2v) is 13.1. The van der Waals surface area contributed by atoms with Crippen LogP contribution in [-0.2, 0) is 0 Å². The van der Waals surface area contributed by atoms with Gasteiger partial charge in [-0.1, -0.05) is 152 Å². The van der Waals surface area contributed by atoms with Crippen LogP contribution in [0.2, 0.25) is 0 Å². The lowest BCUT2D eigenvalue weighted by Crippen LogP contribution is -2.75. The lowest BCUT2D eigenvalue weighted by molar-refractivity contribution is 0.597. The Hall–Kier alpha value is -4.40. The summed E-state index contributed by atoms with van der Waals surface area (Å²) in [4.78, 5) is 0. The number of furan rings is 1. The largest absolute Gasteiger partial charge is 0.456 e. The topological polar surface area (TPSA) is 13.1 Å². The zero-order chi connectivity index (χ0) is 25.1. The van der Waals surface area contributed by atoms with Gasteiger partial charge in [-0.05, 0) is 28.0 Å². The minimum Gasteiger partial charge on any atom is -0.456 e. The van der Waals surface area contributed by atoms with Gasteiger partial charge in [-0.25, -0.2) is 0 Å². The third-order valence-electron chi connectivity index (χ3n) is 7.21. The Bertz CT molecular complexity index is 1490. The Morgan fingerprint density at radius 3 is 1.11 bits per heavy atom. The van der Waals surface area contributed by atoms with E-state index in [2.05, 4.69) is 159 Å². The van der Waals surface area contributed by atoms with E-state index in [1.54, 1.807) is 0 Å². The third kappa shape index (κ3) is 3.96. The molecule has 178 valence electrons. The van der Waals surface area contributed by atoms with Gasteiger partial charge in [-0.15, -0.1) is 0 Å². The van der Waals surface area contributed by atoms with E-state index in [1.165, 1.54) is 26.3 Å². The smallest absolute Gasteiger partial charge is 0.184 e. The standard InChI is InChI=1S/C35H28OSi/c1-27-33(28-17-7-2-8-18-28)36-34(29-19-9-3-10-20-29)35(27)37(30-21-11-4-12-22-30,31-23-13-5-14-24-31)32-25-15-6-16-26-32/h2-26H,1H3. The summed E-state index contributed by atoms with van der Waals surface area (Å²) in [5.74, 6) is 1.90. The van der Waals surface area contributed by atoms with E-state index in [-0.39, 0.29) is 0 Å². The van der Waals surface area contributed by atoms with Gasteiger partial charge in [0.15, 0.2) is 8.07 Å². The van der Waals surface area contributed by atoms with Gasteiger partial charge >= 0.3 is 0 Å². The van der Waals surface area contributed by atoms with Crippen LogP contribution in [0.5, 0.6) is 0 Å². The van der Waals surface area contributed by atoms with Crippen molar-refractivity contribution < 1.29 is 4.42 Å². The van der Waals surface area contributed by atoms with Gasteiger partial charge < -0.3 is 4.42 Å². The Labute approximate surface area is 219 Å². The number of rotatable bonds is 6. The average molecular weight is 493 g/mol. The molecule has 0 atom stereocenters. The van der Waals surface area contributed by atoms with Crippen molar-refractivity contribution in [1.29, 1.82) is 0 Å². The van der Waals surface area contributed by atoms with Crippen LogP contribution in [0.1, 0.15) is 5.56 Å². The molecule has 6 rings (SSSR count). The molecule has 1 heterocycles. The molecule has 2 heteroatoms. The molecule has 0 amide bonds. The van der Waals surface area contributed by atoms with Gasteiger partial charge in [0.2, 0.25) is 0 Å². The number of benzene rings is 5. The third-order valence-corrected chi connectivity index (χ3v) is 12.2. The van der Waals surface area contributed by atoms with E-state index < -0.39 is 8.07 Å². The summed E-state index contributed by atoms with van der Waals surface area (Å²) in [5.41, 5.74) is 3.40. The van der Waals surface area contributed by atoms with Crippen molar-refractivity contribution in [1.82, 2.24) is 0 Å². The molecular weight excluding hydrogens is 464 g/mol. The van der Waals surface area contributed by atoms with E-state index in [0.29, 0.717) is 0 Å². The van der Waals surface area contributed by atoms with E-state index in [1.807, 2.05) is 0 Å². The Kier molecular flexibility index (Phi) is 6.17. The van der Waals surface area contributed by atoms with Crippen LogP contribution in [-0.4, -0.2) is 8.07 Å². The molecule has 0 aliphatic rings. The van der Waals surface area contributed by atoms with Crippen LogP contribution in [0.3, 0.4) is 0 Å². The van der Waals surface area contributed by atoms with E-state index in [0.717, 1.165) is 22.6 Å². The minimum absolute atomic E-state index is 0.939. The second-order valence-electron chi connectivity index (χ2n) is 9.34. The van der Waals surface area contributed by atoms with Gasteiger partial charge in [0.25, 0.3) is 0 Å². The van der Waals surface area contributed by atoms with Crippen molar-refractivity contribution in [3.8, 4) is 22.6 Å². The summed E-state index contributed by atoms with van der Waals surface area (Å²) >= 11 is 0. The molecule has 5 aromatic carbocycles. The predicted octanol–water partition coefficient (Wildman–Crippen LogP) is 6.30. The van der Waals surface area contributed by atoms with Gasteiger partial charge in [-0.3, -0.25) is 0 Å². The highest BCUT2D eigenvalue weighted by Gasteiger charge is 2.46. The van der Waals surface area contributed by atoms with Crippen molar-refractivity contribution in [2.24, 2.45) is 0 Å². The molecule has 0 saturated heterocycles. The van der Waals surface area contributed by atoms with Crippen LogP contribution < -0.4 is 20.7 Å². The molecule has 0 bridgehead atoms. The minimum atomic E-state index is -2.78. The van der Waals surface area contributed by atoms with Crippen molar-refractivity contribution in [2.75, 3.05) is 0 Å². The van der Waals surface area contributed by atoms with Gasteiger partial charge in [-0.2, -0.15) is 0 Å². The maximum absolute atomic E-state index is 6.92. The molecule has 37 heavy (non-hydrogen) atoms. The number of hydrogen-bond acceptors (Lipinski definition) is 1. The molecule has 1 aromatic heterocycles. The molecule has 0 unspecified atom stereocenters. The van der Waals surface area contributed by atoms with Crippen molar-refractivity contribution in [2.45, 2.75) is 6.92 Å². The summed E-state index contributed by atoms with van der Waals surface area (Å²) in [6.45, 7) is 2.24. The first-order chi connectivity index (χ1) is 18.3. The average Bonchev–Trinajstić information content (AvgIpc) is 3.33. The zero-order valence-corrected chi connectivity index (χ0v) is 21.8. The maximum Gasteiger partial charge on any atom is 0.184 e. The normalized spacial score (nSPS) is 11.4. The summed E-state index contributed by atoms with van der Waals surface area (Å²) < 4.78 is 6.92. The van der Waals surface area contributed by atoms with Crippen molar-refractivity contribution >= 4 is 28.8 Å². The lowest BCUT2D eigenvalue weighted by atomic mass is 10.1. The summed E-state index contributed by atoms with van der Waals surface area (Å²) in [6, 6.07) is 54.2. The quantitative estimate of drug-likeness (QED) is 0.196. The molecule has 0 radical (unpaired) electrons. The second kappa shape index (κ2) is 9.92. The van der Waals surface area contributed by atoms with Crippen LogP contribution in [0, 0.1) is 6.92 Å². The monoisotopic (exact) mass is 492 g/mol. The first kappa shape index (κ1) is 23.0. The molecule has 0 aliphatic carbocycles. The van der Waals surface area contributed by atoms with Gasteiger partial charge in [0.1, 0.15) is 11.5 Å². The fourth-order valence-corrected chi connectivity index (χ4v) is 10.8. The van der Waals surface area contributed by atoms with Crippen molar-refractivity contribution in [3.05, 3.63) is 157 Å². The van der Waals surface area contributed by atoms with E-state index >= 15 is 0 Å². The maximum atomic E-state index is 6.92. The molecule has 0 spiro atoms. The predicted molar refractivity (Wildman–Crippen MR) is 158 cm³/mol. The van der Waals surface area contributed by atoms with Crippen LogP contribution in [0.25, 0.3) is 22.6 Å². The summed E-state index contributed by atoms with van der Waals surface area (Å²) in [7, 11) is -2.78. The Morgan fingerprint density at radius 1 is 0.405 bits per heavy atom. The van der Waals surface area contributed by atoms with Gasteiger partial charge in [0, 0.05) is 16.3 Å². The molecule has 6 aromatic rings. The summed E-state index contributed by atoms with van der Waals surface area (Å²) in [5, 5.41) is 5.33. The zero-order valence-electron chi connectivity index (χ0n) is 20.8. The highest BCUT2D eigenvalue weighted by Crippen LogP contribution is 2.33. The Balaban J connectivity index is 1.81. The van der Waals surface area contributed by atoms with Crippen LogP contribution in [0.4, 0.5) is 0 Å². The molecule has 0 saturated carbocycles. The molecule has 0 N–H and O–H groups in total. The highest BCUT2D eigenvalue weighted by molar-refractivity contribution is 7.20. The number of hydrogen-bond donors (Lipinski definition) is 0. The molecule has 0 fully saturated rings. The fourth-order valence-electron chi connectivity index (χ4n) is 5.62. The fraction of sp³-hybridized carbons (Fsp3) is 0.0286. The highest BCUT2D eigenvalue weighted by atomic mass is 28.3. The lowest BCUT2D eigenvalue weighted by Gasteiger charge is -2.34. The first-order valence-corrected chi connectivity index (χ1v) is 14.7. The van der Waals surface area contributed by atoms with Crippen LogP contribution in [0.15, 0.2) is 156 Å². The SMILES string of the molecule is Cc1c(-c2ccccc2)oc(-c2ccccc2)c1[Si](c1ccccc1)(c1ccccc1)c1ccccc1. The van der Waals surface area contributed by atoms with Gasteiger partial charge in [0.05, 0.1) is 0 Å². The van der Waals surface area contributed by atoms with Crippen molar-refractivity contribution in [3.63, 3.8) is 0 Å². The van der Waals surface area contributed by atoms with Crippen LogP contribution >= 0.6 is 0 Å². The molecular formula is C35H28OSi. The first-order valence-electron chi connectivity index (χ1n) is 12.7. The van der Waals surface area contributed by atoms with E-state index in [4.69, 9.17) is 4.42 Å². The summed E-state index contributed by atoms with van der Waals surface area (Å²) in [6.07, 6.45) is 0.